The van der Waals surface area contributed by atoms with Gasteiger partial charge in [-0.3, -0.25) is 4.79 Å². The summed E-state index contributed by atoms with van der Waals surface area (Å²) in [5.74, 6) is -2.07. The lowest BCUT2D eigenvalue weighted by molar-refractivity contribution is 0.0980. The van der Waals surface area contributed by atoms with Crippen molar-refractivity contribution >= 4 is 28.4 Å². The molecular formula is C9H7F2IO. The highest BCUT2D eigenvalue weighted by molar-refractivity contribution is 14.1. The molecule has 0 aliphatic carbocycles. The first-order valence-electron chi connectivity index (χ1n) is 3.74. The van der Waals surface area contributed by atoms with Crippen LogP contribution in [0.1, 0.15) is 23.7 Å². The molecule has 1 aromatic carbocycles. The lowest BCUT2D eigenvalue weighted by Crippen LogP contribution is -2.04. The van der Waals surface area contributed by atoms with Gasteiger partial charge in [0.2, 0.25) is 0 Å². The molecule has 0 heterocycles. The van der Waals surface area contributed by atoms with Gasteiger partial charge in [0.15, 0.2) is 5.78 Å². The SMILES string of the molecule is CCC(=O)c1c(F)cc(I)cc1F. The maximum Gasteiger partial charge on any atom is 0.168 e. The number of hydrogen-bond acceptors (Lipinski definition) is 1. The molecule has 0 N–H and O–H groups in total. The smallest absolute Gasteiger partial charge is 0.168 e. The van der Waals surface area contributed by atoms with Crippen LogP contribution in [0, 0.1) is 15.2 Å². The Balaban J connectivity index is 3.28. The second-order valence-electron chi connectivity index (χ2n) is 2.52. The molecule has 13 heavy (non-hydrogen) atoms. The molecule has 0 unspecified atom stereocenters. The van der Waals surface area contributed by atoms with E-state index in [-0.39, 0.29) is 6.42 Å². The molecule has 0 saturated carbocycles. The quantitative estimate of drug-likeness (QED) is 0.605. The number of rotatable bonds is 2. The van der Waals surface area contributed by atoms with E-state index in [0.717, 1.165) is 12.1 Å². The van der Waals surface area contributed by atoms with Crippen LogP contribution < -0.4 is 0 Å². The molecule has 0 radical (unpaired) electrons. The number of benzene rings is 1. The highest BCUT2D eigenvalue weighted by Crippen LogP contribution is 2.18. The van der Waals surface area contributed by atoms with Crippen molar-refractivity contribution in [3.05, 3.63) is 32.9 Å². The third-order valence-corrected chi connectivity index (χ3v) is 2.23. The van der Waals surface area contributed by atoms with Crippen LogP contribution in [0.3, 0.4) is 0 Å². The Kier molecular flexibility index (Phi) is 3.35. The number of halogens is 3. The molecule has 1 aromatic rings. The Morgan fingerprint density at radius 3 is 2.23 bits per heavy atom. The first-order valence-corrected chi connectivity index (χ1v) is 4.82. The van der Waals surface area contributed by atoms with Gasteiger partial charge in [0.1, 0.15) is 11.6 Å². The average molecular weight is 296 g/mol. The molecule has 0 atom stereocenters. The monoisotopic (exact) mass is 296 g/mol. The largest absolute Gasteiger partial charge is 0.294 e. The minimum Gasteiger partial charge on any atom is -0.294 e. The number of Topliss-reactive ketones (excluding diaryl/α,β-unsaturated/α-hetero) is 1. The molecule has 1 nitrogen and oxygen atoms in total. The van der Waals surface area contributed by atoms with Gasteiger partial charge in [-0.05, 0) is 34.7 Å². The van der Waals surface area contributed by atoms with Crippen molar-refractivity contribution in [2.24, 2.45) is 0 Å². The number of hydrogen-bond donors (Lipinski definition) is 0. The van der Waals surface area contributed by atoms with Crippen molar-refractivity contribution in [2.75, 3.05) is 0 Å². The van der Waals surface area contributed by atoms with E-state index in [1.807, 2.05) is 0 Å². The van der Waals surface area contributed by atoms with Gasteiger partial charge in [0, 0.05) is 9.99 Å². The molecule has 0 aromatic heterocycles. The molecule has 0 fully saturated rings. The van der Waals surface area contributed by atoms with Crippen molar-refractivity contribution in [1.82, 2.24) is 0 Å². The summed E-state index contributed by atoms with van der Waals surface area (Å²) in [6.45, 7) is 1.57. The predicted molar refractivity (Wildman–Crippen MR) is 53.7 cm³/mol. The topological polar surface area (TPSA) is 17.1 Å². The highest BCUT2D eigenvalue weighted by atomic mass is 127. The molecule has 0 aliphatic rings. The lowest BCUT2D eigenvalue weighted by atomic mass is 10.1. The van der Waals surface area contributed by atoms with Crippen molar-refractivity contribution in [3.8, 4) is 0 Å². The number of carbonyl (C=O) groups is 1. The van der Waals surface area contributed by atoms with Crippen LogP contribution in [0.5, 0.6) is 0 Å². The summed E-state index contributed by atoms with van der Waals surface area (Å²) >= 11 is 1.79. The van der Waals surface area contributed by atoms with E-state index in [0.29, 0.717) is 3.57 Å². The Morgan fingerprint density at radius 2 is 1.85 bits per heavy atom. The van der Waals surface area contributed by atoms with E-state index in [1.165, 1.54) is 0 Å². The van der Waals surface area contributed by atoms with Crippen molar-refractivity contribution in [2.45, 2.75) is 13.3 Å². The summed E-state index contributed by atoms with van der Waals surface area (Å²) < 4.78 is 26.6. The average Bonchev–Trinajstić information content (AvgIpc) is 2.02. The van der Waals surface area contributed by atoms with Gasteiger partial charge in [-0.25, -0.2) is 8.78 Å². The summed E-state index contributed by atoms with van der Waals surface area (Å²) in [7, 11) is 0. The van der Waals surface area contributed by atoms with Gasteiger partial charge >= 0.3 is 0 Å². The summed E-state index contributed by atoms with van der Waals surface area (Å²) in [6, 6.07) is 2.29. The van der Waals surface area contributed by atoms with Crippen LogP contribution in [0.25, 0.3) is 0 Å². The summed E-state index contributed by atoms with van der Waals surface area (Å²) in [6.07, 6.45) is 0.106. The predicted octanol–water partition coefficient (Wildman–Crippen LogP) is 3.16. The van der Waals surface area contributed by atoms with Crippen LogP contribution in [0.4, 0.5) is 8.78 Å². The summed E-state index contributed by atoms with van der Waals surface area (Å²) in [4.78, 5) is 11.1. The van der Waals surface area contributed by atoms with Gasteiger partial charge in [-0.15, -0.1) is 0 Å². The van der Waals surface area contributed by atoms with Crippen molar-refractivity contribution in [1.29, 1.82) is 0 Å². The molecule has 0 amide bonds. The fraction of sp³-hybridized carbons (Fsp3) is 0.222. The molecular weight excluding hydrogens is 289 g/mol. The molecule has 4 heteroatoms. The Labute approximate surface area is 88.3 Å². The first-order chi connectivity index (χ1) is 6.06. The third-order valence-electron chi connectivity index (χ3n) is 1.61. The van der Waals surface area contributed by atoms with Gasteiger partial charge < -0.3 is 0 Å². The maximum absolute atomic E-state index is 13.1. The van der Waals surface area contributed by atoms with Crippen LogP contribution in [0.2, 0.25) is 0 Å². The third kappa shape index (κ3) is 2.24. The van der Waals surface area contributed by atoms with Crippen LogP contribution >= 0.6 is 22.6 Å². The second kappa shape index (κ2) is 4.13. The van der Waals surface area contributed by atoms with E-state index in [1.54, 1.807) is 29.5 Å². The second-order valence-corrected chi connectivity index (χ2v) is 3.77. The summed E-state index contributed by atoms with van der Waals surface area (Å²) in [5.41, 5.74) is -0.428. The normalized spacial score (nSPS) is 10.2. The van der Waals surface area contributed by atoms with Crippen LogP contribution in [0.15, 0.2) is 12.1 Å². The molecule has 0 bridgehead atoms. The minimum atomic E-state index is -0.781. The Morgan fingerprint density at radius 1 is 1.38 bits per heavy atom. The zero-order valence-corrected chi connectivity index (χ0v) is 9.06. The van der Waals surface area contributed by atoms with Crippen LogP contribution in [-0.2, 0) is 0 Å². The standard InChI is InChI=1S/C9H7F2IO/c1-2-8(13)9-6(10)3-5(12)4-7(9)11/h3-4H,2H2,1H3. The van der Waals surface area contributed by atoms with E-state index < -0.39 is 23.0 Å². The Hall–Kier alpha value is -0.520. The van der Waals surface area contributed by atoms with Gasteiger partial charge in [0.25, 0.3) is 0 Å². The van der Waals surface area contributed by atoms with E-state index >= 15 is 0 Å². The van der Waals surface area contributed by atoms with Crippen molar-refractivity contribution in [3.63, 3.8) is 0 Å². The zero-order chi connectivity index (χ0) is 10.0. The molecule has 1 rings (SSSR count). The molecule has 0 spiro atoms. The van der Waals surface area contributed by atoms with Gasteiger partial charge in [0.05, 0.1) is 5.56 Å². The maximum atomic E-state index is 13.1. The molecule has 0 saturated heterocycles. The number of carbonyl (C=O) groups excluding carboxylic acids is 1. The van der Waals surface area contributed by atoms with Crippen molar-refractivity contribution < 1.29 is 13.6 Å². The summed E-state index contributed by atoms with van der Waals surface area (Å²) in [5, 5.41) is 0. The van der Waals surface area contributed by atoms with Crippen LogP contribution in [-0.4, -0.2) is 5.78 Å². The molecule has 70 valence electrons. The first kappa shape index (κ1) is 10.6. The highest BCUT2D eigenvalue weighted by Gasteiger charge is 2.16. The van der Waals surface area contributed by atoms with Gasteiger partial charge in [-0.2, -0.15) is 0 Å². The zero-order valence-electron chi connectivity index (χ0n) is 6.90. The lowest BCUT2D eigenvalue weighted by Gasteiger charge is -2.02. The van der Waals surface area contributed by atoms with E-state index in [4.69, 9.17) is 0 Å². The van der Waals surface area contributed by atoms with E-state index in [2.05, 4.69) is 0 Å². The number of ketones is 1. The fourth-order valence-electron chi connectivity index (χ4n) is 0.985. The van der Waals surface area contributed by atoms with Gasteiger partial charge in [-0.1, -0.05) is 6.92 Å². The molecule has 0 aliphatic heterocycles. The minimum absolute atomic E-state index is 0.106. The van der Waals surface area contributed by atoms with E-state index in [9.17, 15) is 13.6 Å². The fourth-order valence-corrected chi connectivity index (χ4v) is 1.53. The Bertz CT molecular complexity index is 326.